The number of benzene rings is 2. The molecule has 2 aromatic heterocycles. The van der Waals surface area contributed by atoms with E-state index in [1.807, 2.05) is 28.8 Å². The fourth-order valence-electron chi connectivity index (χ4n) is 3.11. The van der Waals surface area contributed by atoms with Gasteiger partial charge >= 0.3 is 0 Å². The number of rotatable bonds is 5. The number of hydrogen-bond acceptors (Lipinski definition) is 5. The molecular formula is C22H18FN3O3. The van der Waals surface area contributed by atoms with Crippen LogP contribution in [0.25, 0.3) is 16.9 Å². The van der Waals surface area contributed by atoms with Crippen molar-refractivity contribution in [3.63, 3.8) is 0 Å². The van der Waals surface area contributed by atoms with Gasteiger partial charge in [0.25, 0.3) is 0 Å². The summed E-state index contributed by atoms with van der Waals surface area (Å²) in [6.07, 6.45) is 1.84. The molecule has 146 valence electrons. The third-order valence-corrected chi connectivity index (χ3v) is 4.61. The lowest BCUT2D eigenvalue weighted by atomic mass is 10.1. The predicted molar refractivity (Wildman–Crippen MR) is 109 cm³/mol. The molecule has 0 unspecified atom stereocenters. The summed E-state index contributed by atoms with van der Waals surface area (Å²) in [5.74, 6) is -0.724. The zero-order chi connectivity index (χ0) is 20.5. The smallest absolute Gasteiger partial charge is 0.194 e. The molecule has 0 spiro atoms. The van der Waals surface area contributed by atoms with Crippen molar-refractivity contribution in [2.24, 2.45) is 0 Å². The van der Waals surface area contributed by atoms with Gasteiger partial charge in [-0.15, -0.1) is 0 Å². The van der Waals surface area contributed by atoms with Crippen LogP contribution < -0.4 is 10.1 Å². The first-order valence-corrected chi connectivity index (χ1v) is 8.90. The minimum absolute atomic E-state index is 0.0151. The quantitative estimate of drug-likeness (QED) is 0.478. The summed E-state index contributed by atoms with van der Waals surface area (Å²) in [5.41, 5.74) is 2.96. The van der Waals surface area contributed by atoms with Gasteiger partial charge in [0.2, 0.25) is 0 Å². The monoisotopic (exact) mass is 391 g/mol. The van der Waals surface area contributed by atoms with Crippen molar-refractivity contribution in [3.8, 4) is 22.8 Å². The molecule has 6 nitrogen and oxygen atoms in total. The summed E-state index contributed by atoms with van der Waals surface area (Å²) in [6, 6.07) is 15.3. The number of methoxy groups -OCH3 is 1. The number of anilines is 2. The van der Waals surface area contributed by atoms with E-state index in [0.717, 1.165) is 5.69 Å². The van der Waals surface area contributed by atoms with Crippen LogP contribution in [0, 0.1) is 5.82 Å². The van der Waals surface area contributed by atoms with Gasteiger partial charge in [0.15, 0.2) is 23.1 Å². The lowest BCUT2D eigenvalue weighted by Crippen LogP contribution is -1.98. The van der Waals surface area contributed by atoms with Crippen LogP contribution in [0.5, 0.6) is 11.5 Å². The Hall–Kier alpha value is -3.87. The van der Waals surface area contributed by atoms with E-state index in [0.29, 0.717) is 28.3 Å². The number of hydrogen-bond donors (Lipinski definition) is 2. The van der Waals surface area contributed by atoms with E-state index < -0.39 is 11.6 Å². The molecule has 2 N–H and O–H groups in total. The van der Waals surface area contributed by atoms with Gasteiger partial charge in [-0.1, -0.05) is 6.07 Å². The van der Waals surface area contributed by atoms with Crippen molar-refractivity contribution in [3.05, 3.63) is 72.2 Å². The molecule has 0 aliphatic rings. The van der Waals surface area contributed by atoms with Crippen LogP contribution in [-0.4, -0.2) is 27.4 Å². The standard InChI is InChI=1S/C22H18FN3O3/c1-13(27)14-6-8-16(9-7-14)24-22-20(25-19-5-3-4-10-26(19)22)15-11-17(23)21(28)18(12-15)29-2/h3-12,24,28H,1-2H3. The fourth-order valence-corrected chi connectivity index (χ4v) is 3.11. The van der Waals surface area contributed by atoms with Gasteiger partial charge in [0.1, 0.15) is 17.2 Å². The number of fused-ring (bicyclic) bond motifs is 1. The summed E-state index contributed by atoms with van der Waals surface area (Å²) in [5, 5.41) is 13.1. The van der Waals surface area contributed by atoms with E-state index in [-0.39, 0.29) is 11.5 Å². The van der Waals surface area contributed by atoms with Crippen molar-refractivity contribution in [2.45, 2.75) is 6.92 Å². The minimum atomic E-state index is -0.798. The van der Waals surface area contributed by atoms with E-state index in [1.54, 1.807) is 24.3 Å². The molecule has 2 heterocycles. The molecule has 29 heavy (non-hydrogen) atoms. The fraction of sp³-hybridized carbons (Fsp3) is 0.0909. The second-order valence-corrected chi connectivity index (χ2v) is 6.51. The first-order valence-electron chi connectivity index (χ1n) is 8.90. The molecule has 4 rings (SSSR count). The number of aromatic nitrogens is 2. The molecule has 7 heteroatoms. The van der Waals surface area contributed by atoms with E-state index in [2.05, 4.69) is 10.3 Å². The molecule has 0 aliphatic carbocycles. The molecule has 0 fully saturated rings. The minimum Gasteiger partial charge on any atom is -0.502 e. The number of carbonyl (C=O) groups excluding carboxylic acids is 1. The number of phenolic OH excluding ortho intramolecular Hbond substituents is 1. The van der Waals surface area contributed by atoms with Crippen molar-refractivity contribution >= 4 is 22.9 Å². The Bertz CT molecular complexity index is 1220. The maximum atomic E-state index is 14.2. The number of phenols is 1. The zero-order valence-corrected chi connectivity index (χ0v) is 15.8. The number of pyridine rings is 1. The summed E-state index contributed by atoms with van der Waals surface area (Å²) >= 11 is 0. The molecule has 0 radical (unpaired) electrons. The topological polar surface area (TPSA) is 75.9 Å². The van der Waals surface area contributed by atoms with Crippen LogP contribution in [0.15, 0.2) is 60.8 Å². The van der Waals surface area contributed by atoms with E-state index >= 15 is 0 Å². The summed E-state index contributed by atoms with van der Waals surface area (Å²) in [7, 11) is 1.36. The van der Waals surface area contributed by atoms with E-state index in [1.165, 1.54) is 26.2 Å². The van der Waals surface area contributed by atoms with Crippen molar-refractivity contribution in [1.29, 1.82) is 0 Å². The third kappa shape index (κ3) is 3.38. The number of aromatic hydroxyl groups is 1. The molecule has 0 amide bonds. The van der Waals surface area contributed by atoms with Gasteiger partial charge < -0.3 is 15.2 Å². The van der Waals surface area contributed by atoms with Gasteiger partial charge in [-0.2, -0.15) is 0 Å². The highest BCUT2D eigenvalue weighted by Gasteiger charge is 2.18. The van der Waals surface area contributed by atoms with Crippen molar-refractivity contribution < 1.29 is 19.0 Å². The van der Waals surface area contributed by atoms with Gasteiger partial charge in [-0.25, -0.2) is 9.37 Å². The second-order valence-electron chi connectivity index (χ2n) is 6.51. The predicted octanol–water partition coefficient (Wildman–Crippen LogP) is 4.80. The van der Waals surface area contributed by atoms with E-state index in [4.69, 9.17) is 4.74 Å². The zero-order valence-electron chi connectivity index (χ0n) is 15.8. The average Bonchev–Trinajstić information content (AvgIpc) is 3.09. The van der Waals surface area contributed by atoms with Gasteiger partial charge in [-0.05, 0) is 55.5 Å². The third-order valence-electron chi connectivity index (χ3n) is 4.61. The number of imidazole rings is 1. The number of nitrogens with one attached hydrogen (secondary N) is 1. The molecular weight excluding hydrogens is 373 g/mol. The van der Waals surface area contributed by atoms with Crippen LogP contribution in [-0.2, 0) is 0 Å². The number of nitrogens with zero attached hydrogens (tertiary/aromatic N) is 2. The van der Waals surface area contributed by atoms with Gasteiger partial charge in [0.05, 0.1) is 7.11 Å². The molecule has 2 aromatic carbocycles. The van der Waals surface area contributed by atoms with Crippen molar-refractivity contribution in [2.75, 3.05) is 12.4 Å². The molecule has 0 aliphatic heterocycles. The average molecular weight is 391 g/mol. The molecule has 0 saturated carbocycles. The Morgan fingerprint density at radius 3 is 2.62 bits per heavy atom. The number of ketones is 1. The van der Waals surface area contributed by atoms with Crippen LogP contribution in [0.3, 0.4) is 0 Å². The Morgan fingerprint density at radius 2 is 1.93 bits per heavy atom. The maximum Gasteiger partial charge on any atom is 0.194 e. The first kappa shape index (κ1) is 18.5. The molecule has 0 bridgehead atoms. The van der Waals surface area contributed by atoms with Crippen molar-refractivity contribution in [1.82, 2.24) is 9.38 Å². The largest absolute Gasteiger partial charge is 0.502 e. The molecule has 0 atom stereocenters. The number of carbonyl (C=O) groups is 1. The summed E-state index contributed by atoms with van der Waals surface area (Å²) in [4.78, 5) is 16.1. The Balaban J connectivity index is 1.85. The van der Waals surface area contributed by atoms with Crippen LogP contribution in [0.1, 0.15) is 17.3 Å². The summed E-state index contributed by atoms with van der Waals surface area (Å²) < 4.78 is 21.1. The van der Waals surface area contributed by atoms with Gasteiger partial charge in [-0.3, -0.25) is 9.20 Å². The SMILES string of the molecule is COc1cc(-c2nc3ccccn3c2Nc2ccc(C(C)=O)cc2)cc(F)c1O. The number of halogens is 1. The Labute approximate surface area is 166 Å². The maximum absolute atomic E-state index is 14.2. The highest BCUT2D eigenvalue weighted by Crippen LogP contribution is 2.37. The lowest BCUT2D eigenvalue weighted by Gasteiger charge is -2.11. The Morgan fingerprint density at radius 1 is 1.17 bits per heavy atom. The van der Waals surface area contributed by atoms with Crippen LogP contribution in [0.4, 0.5) is 15.9 Å². The molecule has 4 aromatic rings. The van der Waals surface area contributed by atoms with Crippen LogP contribution >= 0.6 is 0 Å². The Kier molecular flexibility index (Phi) is 4.64. The van der Waals surface area contributed by atoms with Crippen LogP contribution in [0.2, 0.25) is 0 Å². The van der Waals surface area contributed by atoms with Gasteiger partial charge in [0, 0.05) is 23.0 Å². The lowest BCUT2D eigenvalue weighted by molar-refractivity contribution is 0.101. The highest BCUT2D eigenvalue weighted by atomic mass is 19.1. The van der Waals surface area contributed by atoms with E-state index in [9.17, 15) is 14.3 Å². The summed E-state index contributed by atoms with van der Waals surface area (Å²) in [6.45, 7) is 1.51. The first-order chi connectivity index (χ1) is 14.0. The normalized spacial score (nSPS) is 10.9. The highest BCUT2D eigenvalue weighted by molar-refractivity contribution is 5.94. The number of ether oxygens (including phenoxy) is 1. The second kappa shape index (κ2) is 7.27. The number of Topliss-reactive ketones (excluding diaryl/α,β-unsaturated/α-hetero) is 1. The molecule has 0 saturated heterocycles.